The molecular formula is C26H28ClN7. The summed E-state index contributed by atoms with van der Waals surface area (Å²) in [5.41, 5.74) is 4.88. The number of hydrogen-bond donors (Lipinski definition) is 0. The van der Waals surface area contributed by atoms with Gasteiger partial charge in [0.15, 0.2) is 5.82 Å². The number of hydrogen-bond acceptors (Lipinski definition) is 6. The molecule has 7 nitrogen and oxygen atoms in total. The minimum absolute atomic E-state index is 0.0311. The number of pyridine rings is 1. The van der Waals surface area contributed by atoms with Gasteiger partial charge < -0.3 is 4.90 Å². The molecule has 34 heavy (non-hydrogen) atoms. The van der Waals surface area contributed by atoms with Crippen molar-refractivity contribution in [3.8, 4) is 0 Å². The van der Waals surface area contributed by atoms with E-state index in [1.54, 1.807) is 0 Å². The van der Waals surface area contributed by atoms with E-state index in [4.69, 9.17) is 11.6 Å². The molecule has 0 spiro atoms. The van der Waals surface area contributed by atoms with Crippen LogP contribution in [0.4, 0.5) is 5.69 Å². The van der Waals surface area contributed by atoms with Crippen molar-refractivity contribution in [3.05, 3.63) is 101 Å². The average molecular weight is 474 g/mol. The lowest BCUT2D eigenvalue weighted by Crippen LogP contribution is -2.48. The van der Waals surface area contributed by atoms with E-state index in [9.17, 15) is 0 Å². The van der Waals surface area contributed by atoms with Crippen molar-refractivity contribution >= 4 is 17.3 Å². The van der Waals surface area contributed by atoms with Crippen molar-refractivity contribution in [3.63, 3.8) is 0 Å². The first-order chi connectivity index (χ1) is 16.7. The van der Waals surface area contributed by atoms with Crippen molar-refractivity contribution in [1.82, 2.24) is 30.1 Å². The molecule has 0 bridgehead atoms. The van der Waals surface area contributed by atoms with Crippen molar-refractivity contribution in [2.45, 2.75) is 25.9 Å². The SMILES string of the molecule is Cc1ccc(Cl)cc1N1CCN(C(c2ccncc2)c2nnnn2CCc2ccccc2)CC1. The van der Waals surface area contributed by atoms with Gasteiger partial charge >= 0.3 is 0 Å². The van der Waals surface area contributed by atoms with Crippen LogP contribution in [0.5, 0.6) is 0 Å². The maximum absolute atomic E-state index is 6.29. The zero-order chi connectivity index (χ0) is 23.3. The summed E-state index contributed by atoms with van der Waals surface area (Å²) in [5.74, 6) is 0.870. The molecule has 1 aliphatic rings. The summed E-state index contributed by atoms with van der Waals surface area (Å²) >= 11 is 6.29. The van der Waals surface area contributed by atoms with Crippen molar-refractivity contribution in [1.29, 1.82) is 0 Å². The zero-order valence-electron chi connectivity index (χ0n) is 19.3. The van der Waals surface area contributed by atoms with Crippen LogP contribution in [0.25, 0.3) is 0 Å². The normalized spacial score (nSPS) is 15.4. The number of halogens is 1. The number of benzene rings is 2. The van der Waals surface area contributed by atoms with E-state index in [-0.39, 0.29) is 6.04 Å². The lowest BCUT2D eigenvalue weighted by Gasteiger charge is -2.40. The van der Waals surface area contributed by atoms with E-state index in [1.165, 1.54) is 16.8 Å². The van der Waals surface area contributed by atoms with Gasteiger partial charge in [-0.1, -0.05) is 48.0 Å². The van der Waals surface area contributed by atoms with Gasteiger partial charge in [-0.2, -0.15) is 0 Å². The second-order valence-electron chi connectivity index (χ2n) is 8.63. The van der Waals surface area contributed by atoms with E-state index in [0.29, 0.717) is 0 Å². The molecule has 2 aromatic carbocycles. The van der Waals surface area contributed by atoms with Crippen molar-refractivity contribution < 1.29 is 0 Å². The molecule has 1 saturated heterocycles. The van der Waals surface area contributed by atoms with Gasteiger partial charge in [-0.05, 0) is 64.7 Å². The highest BCUT2D eigenvalue weighted by Crippen LogP contribution is 2.30. The highest BCUT2D eigenvalue weighted by molar-refractivity contribution is 6.30. The number of aromatic nitrogens is 5. The number of rotatable bonds is 7. The summed E-state index contributed by atoms with van der Waals surface area (Å²) in [7, 11) is 0. The summed E-state index contributed by atoms with van der Waals surface area (Å²) in [5, 5.41) is 13.7. The molecule has 2 aromatic heterocycles. The Hall–Kier alpha value is -3.29. The van der Waals surface area contributed by atoms with Crippen LogP contribution >= 0.6 is 11.6 Å². The summed E-state index contributed by atoms with van der Waals surface area (Å²) < 4.78 is 1.95. The summed E-state index contributed by atoms with van der Waals surface area (Å²) in [4.78, 5) is 9.11. The Morgan fingerprint density at radius 2 is 1.71 bits per heavy atom. The predicted octanol–water partition coefficient (Wildman–Crippen LogP) is 4.18. The van der Waals surface area contributed by atoms with Crippen molar-refractivity contribution in [2.75, 3.05) is 31.1 Å². The van der Waals surface area contributed by atoms with Gasteiger partial charge in [-0.3, -0.25) is 9.88 Å². The summed E-state index contributed by atoms with van der Waals surface area (Å²) in [6.45, 7) is 6.48. The van der Waals surface area contributed by atoms with Crippen LogP contribution in [0.1, 0.15) is 28.6 Å². The largest absolute Gasteiger partial charge is 0.369 e. The van der Waals surface area contributed by atoms with Gasteiger partial charge in [0.2, 0.25) is 0 Å². The predicted molar refractivity (Wildman–Crippen MR) is 134 cm³/mol. The number of nitrogens with zero attached hydrogens (tertiary/aromatic N) is 7. The zero-order valence-corrected chi connectivity index (χ0v) is 20.0. The van der Waals surface area contributed by atoms with Crippen LogP contribution < -0.4 is 4.90 Å². The molecule has 1 aliphatic heterocycles. The van der Waals surface area contributed by atoms with Gasteiger partial charge in [-0.15, -0.1) is 5.10 Å². The number of aryl methyl sites for hydroxylation is 3. The van der Waals surface area contributed by atoms with Crippen LogP contribution in [0.15, 0.2) is 73.1 Å². The molecule has 1 fully saturated rings. The molecule has 8 heteroatoms. The number of anilines is 1. The maximum atomic E-state index is 6.29. The molecular weight excluding hydrogens is 446 g/mol. The Morgan fingerprint density at radius 3 is 2.47 bits per heavy atom. The fourth-order valence-electron chi connectivity index (χ4n) is 4.66. The quantitative estimate of drug-likeness (QED) is 0.401. The van der Waals surface area contributed by atoms with Crippen LogP contribution in [-0.2, 0) is 13.0 Å². The molecule has 1 unspecified atom stereocenters. The van der Waals surface area contributed by atoms with E-state index >= 15 is 0 Å². The van der Waals surface area contributed by atoms with Crippen LogP contribution in [0.3, 0.4) is 0 Å². The maximum Gasteiger partial charge on any atom is 0.173 e. The molecule has 0 saturated carbocycles. The van der Waals surface area contributed by atoms with E-state index in [0.717, 1.165) is 55.6 Å². The standard InChI is InChI=1S/C26H28ClN7/c1-20-7-8-23(27)19-24(20)32-15-17-33(18-16-32)25(22-9-12-28-13-10-22)26-29-30-31-34(26)14-11-21-5-3-2-4-6-21/h2-10,12-13,19,25H,11,14-18H2,1H3. The molecule has 0 N–H and O–H groups in total. The Morgan fingerprint density at radius 1 is 0.941 bits per heavy atom. The van der Waals surface area contributed by atoms with Gasteiger partial charge in [0.05, 0.1) is 6.04 Å². The second kappa shape index (κ2) is 10.3. The van der Waals surface area contributed by atoms with Crippen LogP contribution in [0, 0.1) is 6.92 Å². The third-order valence-electron chi connectivity index (χ3n) is 6.47. The Kier molecular flexibility index (Phi) is 6.83. The smallest absolute Gasteiger partial charge is 0.173 e. The topological polar surface area (TPSA) is 63.0 Å². The molecule has 5 rings (SSSR count). The Bertz CT molecular complexity index is 1200. The first-order valence-corrected chi connectivity index (χ1v) is 12.0. The molecule has 1 atom stereocenters. The fraction of sp³-hybridized carbons (Fsp3) is 0.308. The van der Waals surface area contributed by atoms with Crippen LogP contribution in [0.2, 0.25) is 5.02 Å². The first kappa shape index (κ1) is 22.5. The average Bonchev–Trinajstić information content (AvgIpc) is 3.34. The first-order valence-electron chi connectivity index (χ1n) is 11.6. The van der Waals surface area contributed by atoms with Gasteiger partial charge in [-0.25, -0.2) is 4.68 Å². The third kappa shape index (κ3) is 4.95. The fourth-order valence-corrected chi connectivity index (χ4v) is 4.83. The monoisotopic (exact) mass is 473 g/mol. The highest BCUT2D eigenvalue weighted by atomic mass is 35.5. The summed E-state index contributed by atoms with van der Waals surface area (Å²) in [6.07, 6.45) is 4.56. The molecule has 0 radical (unpaired) electrons. The minimum Gasteiger partial charge on any atom is -0.369 e. The minimum atomic E-state index is -0.0311. The van der Waals surface area contributed by atoms with Gasteiger partial charge in [0.25, 0.3) is 0 Å². The van der Waals surface area contributed by atoms with Crippen LogP contribution in [-0.4, -0.2) is 56.3 Å². The molecule has 0 aliphatic carbocycles. The van der Waals surface area contributed by atoms with Gasteiger partial charge in [0, 0.05) is 55.8 Å². The summed E-state index contributed by atoms with van der Waals surface area (Å²) in [6, 6.07) is 20.7. The van der Waals surface area contributed by atoms with Gasteiger partial charge in [0.1, 0.15) is 0 Å². The van der Waals surface area contributed by atoms with E-state index in [1.807, 2.05) is 29.2 Å². The Balaban J connectivity index is 1.37. The van der Waals surface area contributed by atoms with Crippen molar-refractivity contribution in [2.24, 2.45) is 0 Å². The molecule has 0 amide bonds. The molecule has 174 valence electrons. The molecule has 4 aromatic rings. The highest BCUT2D eigenvalue weighted by Gasteiger charge is 2.31. The molecule has 3 heterocycles. The van der Waals surface area contributed by atoms with E-state index < -0.39 is 0 Å². The second-order valence-corrected chi connectivity index (χ2v) is 9.07. The number of piperazine rings is 1. The number of tetrazole rings is 1. The van der Waals surface area contributed by atoms with E-state index in [2.05, 4.69) is 85.8 Å². The third-order valence-corrected chi connectivity index (χ3v) is 6.71. The lowest BCUT2D eigenvalue weighted by atomic mass is 10.0. The Labute approximate surface area is 205 Å². The lowest BCUT2D eigenvalue weighted by molar-refractivity contribution is 0.200.